The number of aliphatic hydroxyl groups excluding tert-OH is 3. The number of benzene rings is 1. The molecule has 8 nitrogen and oxygen atoms in total. The minimum absolute atomic E-state index is 0.0685. The minimum atomic E-state index is -1.52. The highest BCUT2D eigenvalue weighted by Gasteiger charge is 2.62. The van der Waals surface area contributed by atoms with Crippen molar-refractivity contribution in [3.63, 3.8) is 0 Å². The number of allylic oxidation sites excluding steroid dienone is 2. The second-order valence-corrected chi connectivity index (χ2v) is 27.6. The van der Waals surface area contributed by atoms with Gasteiger partial charge >= 0.3 is 11.9 Å². The van der Waals surface area contributed by atoms with Gasteiger partial charge in [-0.05, 0) is 233 Å². The number of aliphatic hydroxyl groups is 4. The molecule has 71 heavy (non-hydrogen) atoms. The fourth-order valence-corrected chi connectivity index (χ4v) is 19.0. The van der Waals surface area contributed by atoms with E-state index in [9.17, 15) is 40.2 Å². The number of aromatic carboxylic acids is 2. The van der Waals surface area contributed by atoms with E-state index in [0.29, 0.717) is 69.7 Å². The van der Waals surface area contributed by atoms with Crippen molar-refractivity contribution in [2.75, 3.05) is 0 Å². The highest BCUT2D eigenvalue weighted by atomic mass is 16.4. The first-order valence-corrected chi connectivity index (χ1v) is 29.1. The van der Waals surface area contributed by atoms with Crippen molar-refractivity contribution in [1.82, 2.24) is 0 Å². The third-order valence-electron chi connectivity index (χ3n) is 23.5. The molecule has 0 amide bonds. The van der Waals surface area contributed by atoms with E-state index in [0.717, 1.165) is 81.0 Å². The van der Waals surface area contributed by atoms with Crippen molar-refractivity contribution in [1.29, 1.82) is 0 Å². The van der Waals surface area contributed by atoms with Crippen LogP contribution in [0.5, 0.6) is 0 Å². The van der Waals surface area contributed by atoms with Gasteiger partial charge in [-0.25, -0.2) is 9.59 Å². The molecule has 1 aromatic rings. The number of hydrogen-bond acceptors (Lipinski definition) is 6. The third kappa shape index (κ3) is 9.73. The molecule has 0 aromatic heterocycles. The van der Waals surface area contributed by atoms with E-state index in [4.69, 9.17) is 0 Å². The van der Waals surface area contributed by atoms with Gasteiger partial charge in [-0.3, -0.25) is 0 Å². The van der Waals surface area contributed by atoms with E-state index in [1.54, 1.807) is 12.5 Å². The number of carboxylic acids is 2. The third-order valence-corrected chi connectivity index (χ3v) is 23.5. The molecule has 8 aliphatic carbocycles. The largest absolute Gasteiger partial charge is 0.478 e. The molecule has 0 bridgehead atoms. The first kappa shape index (κ1) is 54.7. The number of carboxylic acid groups (broad SMARTS) is 2. The van der Waals surface area contributed by atoms with Crippen molar-refractivity contribution in [2.24, 2.45) is 92.7 Å². The summed E-state index contributed by atoms with van der Waals surface area (Å²) in [5.74, 6) is 5.49. The average Bonchev–Trinajstić information content (AvgIpc) is 3.87. The van der Waals surface area contributed by atoms with Gasteiger partial charge in [-0.15, -0.1) is 0 Å². The van der Waals surface area contributed by atoms with Gasteiger partial charge in [0.05, 0.1) is 35.0 Å². The van der Waals surface area contributed by atoms with Crippen LogP contribution in [0.15, 0.2) is 35.4 Å². The van der Waals surface area contributed by atoms with Crippen LogP contribution in [0.25, 0.3) is 0 Å². The van der Waals surface area contributed by atoms with Crippen LogP contribution < -0.4 is 0 Å². The van der Waals surface area contributed by atoms with Crippen molar-refractivity contribution in [2.45, 2.75) is 228 Å². The standard InChI is InChI=1S/C36H52O6.C27H46O2/c1-20(2)29(37)14-8-21(3)26-12-13-27-24-11-9-23-19-36(42,18-17-34(23,5)28(24)15-16-35(26,27)6)31-25(32(38)39)10-7-22(4)30(31)33(40)41;1-17(2)25(29)11-6-18(3)22-9-10-23-21-8-7-19-16-20(28)12-14-26(19,4)24(21)13-15-27(22,23)5/h7,9-10,20-21,24,26-29,37,42H,8,11-19H2,1-6H3,(H,38,39)(H,40,41);7,17-18,20-25,28-29H,6,8-16H2,1-5H3/t21-,24?,26-,27?,28?,29?,34+,35-,36?;18-,20?,21?,22-,23?,24?,25?,26+,27-/m11/s1. The van der Waals surface area contributed by atoms with Gasteiger partial charge in [-0.1, -0.05) is 98.6 Å². The van der Waals surface area contributed by atoms with Crippen molar-refractivity contribution in [3.05, 3.63) is 57.7 Å². The number of fused-ring (bicyclic) bond motifs is 10. The van der Waals surface area contributed by atoms with Crippen LogP contribution in [-0.4, -0.2) is 60.9 Å². The SMILES string of the molecule is CC(C)C(O)CC[C@@H](C)[C@H]1CCC2C3CC=C4CC(O)CC[C@]4(C)C3CC[C@@]21C.Cc1ccc(C(=O)O)c(C2(O)CC[C@@]3(C)C(=CCC4C3CC[C@@]3(C)C4CC[C@@H]3[C@H](C)CCC(O)C(C)C)C2)c1C(=O)O. The number of carbonyl (C=O) groups is 2. The Balaban J connectivity index is 0.000000204. The topological polar surface area (TPSA) is 156 Å². The first-order valence-electron chi connectivity index (χ1n) is 29.1. The van der Waals surface area contributed by atoms with Crippen LogP contribution in [0, 0.1) is 99.6 Å². The van der Waals surface area contributed by atoms with E-state index in [-0.39, 0.29) is 46.8 Å². The van der Waals surface area contributed by atoms with Crippen molar-refractivity contribution < 1.29 is 40.2 Å². The molecule has 18 atom stereocenters. The van der Waals surface area contributed by atoms with Crippen LogP contribution in [0.4, 0.5) is 0 Å². The number of hydrogen-bond donors (Lipinski definition) is 6. The molecule has 6 fully saturated rings. The molecule has 0 saturated heterocycles. The highest BCUT2D eigenvalue weighted by molar-refractivity contribution is 5.98. The van der Waals surface area contributed by atoms with E-state index >= 15 is 0 Å². The zero-order chi connectivity index (χ0) is 51.7. The Morgan fingerprint density at radius 1 is 0.606 bits per heavy atom. The molecule has 9 rings (SSSR count). The van der Waals surface area contributed by atoms with Gasteiger partial charge in [-0.2, -0.15) is 0 Å². The van der Waals surface area contributed by atoms with Gasteiger partial charge in [0.2, 0.25) is 0 Å². The smallest absolute Gasteiger partial charge is 0.336 e. The Hall–Kier alpha value is -2.52. The minimum Gasteiger partial charge on any atom is -0.478 e. The lowest BCUT2D eigenvalue weighted by Crippen LogP contribution is -2.52. The van der Waals surface area contributed by atoms with Crippen LogP contribution >= 0.6 is 0 Å². The molecule has 8 aliphatic rings. The lowest BCUT2D eigenvalue weighted by Gasteiger charge is -2.59. The van der Waals surface area contributed by atoms with E-state index in [2.05, 4.69) is 81.4 Å². The lowest BCUT2D eigenvalue weighted by atomic mass is 9.46. The Morgan fingerprint density at radius 2 is 1.10 bits per heavy atom. The molecule has 398 valence electrons. The van der Waals surface area contributed by atoms with Crippen LogP contribution in [-0.2, 0) is 5.60 Å². The van der Waals surface area contributed by atoms with Crippen LogP contribution in [0.1, 0.15) is 229 Å². The molecule has 0 spiro atoms. The molecule has 1 aromatic carbocycles. The van der Waals surface area contributed by atoms with Gasteiger partial charge in [0, 0.05) is 12.0 Å². The molecule has 8 heteroatoms. The fraction of sp³-hybridized carbons (Fsp3) is 0.810. The summed E-state index contributed by atoms with van der Waals surface area (Å²) in [4.78, 5) is 24.5. The van der Waals surface area contributed by atoms with Crippen molar-refractivity contribution in [3.8, 4) is 0 Å². The second-order valence-electron chi connectivity index (χ2n) is 27.6. The predicted molar refractivity (Wildman–Crippen MR) is 284 cm³/mol. The number of aryl methyl sites for hydroxylation is 1. The van der Waals surface area contributed by atoms with Crippen LogP contribution in [0.2, 0.25) is 0 Å². The summed E-state index contributed by atoms with van der Waals surface area (Å²) >= 11 is 0. The summed E-state index contributed by atoms with van der Waals surface area (Å²) in [6, 6.07) is 2.97. The van der Waals surface area contributed by atoms with Crippen LogP contribution in [0.3, 0.4) is 0 Å². The zero-order valence-electron chi connectivity index (χ0n) is 46.1. The molecule has 10 unspecified atom stereocenters. The Labute approximate surface area is 429 Å². The maximum atomic E-state index is 12.3. The maximum Gasteiger partial charge on any atom is 0.336 e. The van der Waals surface area contributed by atoms with Crippen molar-refractivity contribution >= 4 is 11.9 Å². The van der Waals surface area contributed by atoms with E-state index in [1.165, 1.54) is 81.9 Å². The first-order chi connectivity index (χ1) is 33.3. The van der Waals surface area contributed by atoms with E-state index < -0.39 is 17.5 Å². The summed E-state index contributed by atoms with van der Waals surface area (Å²) < 4.78 is 0. The molecule has 0 heterocycles. The van der Waals surface area contributed by atoms with Gasteiger partial charge in [0.15, 0.2) is 0 Å². The summed E-state index contributed by atoms with van der Waals surface area (Å²) in [5, 5.41) is 63.1. The normalized spacial score (nSPS) is 41.1. The summed E-state index contributed by atoms with van der Waals surface area (Å²) in [5.41, 5.74) is 2.70. The highest BCUT2D eigenvalue weighted by Crippen LogP contribution is 2.70. The zero-order valence-corrected chi connectivity index (χ0v) is 46.1. The monoisotopic (exact) mass is 983 g/mol. The summed E-state index contributed by atoms with van der Waals surface area (Å²) in [7, 11) is 0. The Kier molecular flexibility index (Phi) is 15.8. The molecule has 6 N–H and O–H groups in total. The maximum absolute atomic E-state index is 12.3. The molecule has 6 saturated carbocycles. The fourth-order valence-electron chi connectivity index (χ4n) is 19.0. The summed E-state index contributed by atoms with van der Waals surface area (Å²) in [6.45, 7) is 25.1. The Morgan fingerprint density at radius 3 is 1.58 bits per heavy atom. The molecule has 0 aliphatic heterocycles. The molecular formula is C63H98O8. The lowest BCUT2D eigenvalue weighted by molar-refractivity contribution is -0.0774. The average molecular weight is 983 g/mol. The van der Waals surface area contributed by atoms with E-state index in [1.807, 2.05) is 0 Å². The van der Waals surface area contributed by atoms with Gasteiger partial charge in [0.1, 0.15) is 0 Å². The van der Waals surface area contributed by atoms with Gasteiger partial charge in [0.25, 0.3) is 0 Å². The molecule has 0 radical (unpaired) electrons. The summed E-state index contributed by atoms with van der Waals surface area (Å²) in [6.07, 6.45) is 25.8. The van der Waals surface area contributed by atoms with Gasteiger partial charge < -0.3 is 30.6 Å². The Bertz CT molecular complexity index is 2170. The number of rotatable bonds is 13. The predicted octanol–water partition coefficient (Wildman–Crippen LogP) is 14.0. The second kappa shape index (κ2) is 20.5. The molecular weight excluding hydrogens is 885 g/mol. The quantitative estimate of drug-likeness (QED) is 0.107.